The first-order chi connectivity index (χ1) is 6.36. The van der Waals surface area contributed by atoms with Crippen molar-refractivity contribution in [1.82, 2.24) is 4.98 Å². The van der Waals surface area contributed by atoms with Gasteiger partial charge in [-0.15, -0.1) is 0 Å². The summed E-state index contributed by atoms with van der Waals surface area (Å²) in [5.41, 5.74) is 2.31. The molecule has 2 heteroatoms. The van der Waals surface area contributed by atoms with Gasteiger partial charge in [0.25, 0.3) is 0 Å². The molecule has 0 aliphatic rings. The Morgan fingerprint density at radius 2 is 2.23 bits per heavy atom. The van der Waals surface area contributed by atoms with Crippen molar-refractivity contribution in [3.8, 4) is 0 Å². The maximum atomic E-state index is 6.66. The standard InChI is InChI=1S/C11H14N2/c1-3-4-11-6-5-10(9-13-11)7-8-12-2/h5-6,9H,3-4,7-8H2,1H3. The number of rotatable bonds is 4. The van der Waals surface area contributed by atoms with Crippen LogP contribution < -0.4 is 0 Å². The summed E-state index contributed by atoms with van der Waals surface area (Å²) in [6.07, 6.45) is 4.89. The van der Waals surface area contributed by atoms with Crippen molar-refractivity contribution in [3.05, 3.63) is 41.0 Å². The number of aromatic nitrogens is 1. The van der Waals surface area contributed by atoms with Crippen molar-refractivity contribution in [2.45, 2.75) is 26.2 Å². The molecular weight excluding hydrogens is 160 g/mol. The Hall–Kier alpha value is -1.36. The van der Waals surface area contributed by atoms with Crippen LogP contribution in [0.3, 0.4) is 0 Å². The third-order valence-electron chi connectivity index (χ3n) is 1.90. The molecule has 0 atom stereocenters. The lowest BCUT2D eigenvalue weighted by atomic mass is 10.1. The van der Waals surface area contributed by atoms with E-state index in [1.54, 1.807) is 0 Å². The zero-order valence-electron chi connectivity index (χ0n) is 7.95. The Bertz CT molecular complexity index is 282. The van der Waals surface area contributed by atoms with E-state index in [0.29, 0.717) is 6.54 Å². The molecule has 0 saturated heterocycles. The molecule has 0 fully saturated rings. The largest absolute Gasteiger partial charge is 0.317 e. The van der Waals surface area contributed by atoms with Crippen molar-refractivity contribution >= 4 is 0 Å². The molecule has 0 radical (unpaired) electrons. The minimum atomic E-state index is 0.564. The zero-order chi connectivity index (χ0) is 9.52. The van der Waals surface area contributed by atoms with Crippen molar-refractivity contribution in [3.63, 3.8) is 0 Å². The summed E-state index contributed by atoms with van der Waals surface area (Å²) in [4.78, 5) is 7.63. The van der Waals surface area contributed by atoms with Gasteiger partial charge < -0.3 is 4.85 Å². The monoisotopic (exact) mass is 174 g/mol. The maximum absolute atomic E-state index is 6.66. The van der Waals surface area contributed by atoms with Crippen LogP contribution in [0.15, 0.2) is 18.3 Å². The molecule has 0 N–H and O–H groups in total. The van der Waals surface area contributed by atoms with Gasteiger partial charge in [0.15, 0.2) is 0 Å². The first kappa shape index (κ1) is 9.73. The highest BCUT2D eigenvalue weighted by molar-refractivity contribution is 5.14. The van der Waals surface area contributed by atoms with Crippen LogP contribution in [-0.4, -0.2) is 11.5 Å². The Morgan fingerprint density at radius 3 is 2.77 bits per heavy atom. The highest BCUT2D eigenvalue weighted by Crippen LogP contribution is 2.03. The Balaban J connectivity index is 2.54. The summed E-state index contributed by atoms with van der Waals surface area (Å²) in [7, 11) is 0. The normalized spacial score (nSPS) is 9.54. The van der Waals surface area contributed by atoms with Gasteiger partial charge in [0.1, 0.15) is 0 Å². The van der Waals surface area contributed by atoms with Crippen LogP contribution in [-0.2, 0) is 12.8 Å². The zero-order valence-corrected chi connectivity index (χ0v) is 7.95. The molecular formula is C11H14N2. The predicted octanol–water partition coefficient (Wildman–Crippen LogP) is 2.50. The van der Waals surface area contributed by atoms with Gasteiger partial charge in [0.05, 0.1) is 0 Å². The highest BCUT2D eigenvalue weighted by atomic mass is 14.7. The van der Waals surface area contributed by atoms with E-state index in [-0.39, 0.29) is 0 Å². The summed E-state index contributed by atoms with van der Waals surface area (Å²) in [6.45, 7) is 9.38. The van der Waals surface area contributed by atoms with Crippen molar-refractivity contribution < 1.29 is 0 Å². The van der Waals surface area contributed by atoms with Crippen molar-refractivity contribution in [1.29, 1.82) is 0 Å². The third-order valence-corrected chi connectivity index (χ3v) is 1.90. The second kappa shape index (κ2) is 5.31. The molecule has 0 amide bonds. The molecule has 0 saturated carbocycles. The van der Waals surface area contributed by atoms with Crippen LogP contribution in [0.25, 0.3) is 4.85 Å². The fourth-order valence-corrected chi connectivity index (χ4v) is 1.19. The van der Waals surface area contributed by atoms with Crippen LogP contribution >= 0.6 is 0 Å². The van der Waals surface area contributed by atoms with Gasteiger partial charge >= 0.3 is 0 Å². The second-order valence-electron chi connectivity index (χ2n) is 3.04. The number of pyridine rings is 1. The highest BCUT2D eigenvalue weighted by Gasteiger charge is 1.96. The maximum Gasteiger partial charge on any atom is 0.218 e. The van der Waals surface area contributed by atoms with Gasteiger partial charge in [0, 0.05) is 18.3 Å². The molecule has 1 rings (SSSR count). The Labute approximate surface area is 79.4 Å². The fourth-order valence-electron chi connectivity index (χ4n) is 1.19. The van der Waals surface area contributed by atoms with E-state index in [0.717, 1.165) is 30.5 Å². The first-order valence-corrected chi connectivity index (χ1v) is 4.64. The molecule has 0 aliphatic heterocycles. The average molecular weight is 174 g/mol. The lowest BCUT2D eigenvalue weighted by Gasteiger charge is -1.98. The minimum Gasteiger partial charge on any atom is -0.317 e. The van der Waals surface area contributed by atoms with Gasteiger partial charge in [-0.2, -0.15) is 0 Å². The molecule has 0 aromatic carbocycles. The smallest absolute Gasteiger partial charge is 0.218 e. The van der Waals surface area contributed by atoms with Crippen LogP contribution in [0.1, 0.15) is 24.6 Å². The minimum absolute atomic E-state index is 0.564. The summed E-state index contributed by atoms with van der Waals surface area (Å²) in [5, 5.41) is 0. The van der Waals surface area contributed by atoms with Crippen molar-refractivity contribution in [2.75, 3.05) is 6.54 Å². The Morgan fingerprint density at radius 1 is 1.38 bits per heavy atom. The Kier molecular flexibility index (Phi) is 3.98. The molecule has 1 aromatic heterocycles. The van der Waals surface area contributed by atoms with Gasteiger partial charge in [-0.25, -0.2) is 6.57 Å². The molecule has 0 unspecified atom stereocenters. The van der Waals surface area contributed by atoms with Gasteiger partial charge in [-0.05, 0) is 18.1 Å². The topological polar surface area (TPSA) is 17.2 Å². The molecule has 0 spiro atoms. The van der Waals surface area contributed by atoms with Gasteiger partial charge in [-0.3, -0.25) is 4.98 Å². The molecule has 1 aromatic rings. The van der Waals surface area contributed by atoms with Crippen LogP contribution in [0.5, 0.6) is 0 Å². The molecule has 0 aliphatic carbocycles. The molecule has 2 nitrogen and oxygen atoms in total. The van der Waals surface area contributed by atoms with E-state index in [1.807, 2.05) is 6.20 Å². The quantitative estimate of drug-likeness (QED) is 0.641. The molecule has 13 heavy (non-hydrogen) atoms. The average Bonchev–Trinajstić information content (AvgIpc) is 2.17. The van der Waals surface area contributed by atoms with E-state index in [1.165, 1.54) is 0 Å². The van der Waals surface area contributed by atoms with E-state index < -0.39 is 0 Å². The summed E-state index contributed by atoms with van der Waals surface area (Å²) < 4.78 is 0. The molecule has 1 heterocycles. The van der Waals surface area contributed by atoms with Crippen LogP contribution in [0.2, 0.25) is 0 Å². The number of hydrogen-bond acceptors (Lipinski definition) is 1. The number of hydrogen-bond donors (Lipinski definition) is 0. The van der Waals surface area contributed by atoms with E-state index >= 15 is 0 Å². The van der Waals surface area contributed by atoms with Crippen LogP contribution in [0, 0.1) is 6.57 Å². The van der Waals surface area contributed by atoms with E-state index in [4.69, 9.17) is 6.57 Å². The van der Waals surface area contributed by atoms with Gasteiger partial charge in [-0.1, -0.05) is 19.4 Å². The number of nitrogens with zero attached hydrogens (tertiary/aromatic N) is 2. The SMILES string of the molecule is [C-]#[N+]CCc1ccc(CCC)nc1. The lowest BCUT2D eigenvalue weighted by Crippen LogP contribution is -1.92. The second-order valence-corrected chi connectivity index (χ2v) is 3.04. The van der Waals surface area contributed by atoms with Crippen LogP contribution in [0.4, 0.5) is 0 Å². The first-order valence-electron chi connectivity index (χ1n) is 4.64. The predicted molar refractivity (Wildman–Crippen MR) is 53.4 cm³/mol. The van der Waals surface area contributed by atoms with E-state index in [2.05, 4.69) is 28.9 Å². The summed E-state index contributed by atoms with van der Waals surface area (Å²) >= 11 is 0. The lowest BCUT2D eigenvalue weighted by molar-refractivity contribution is 0.876. The van der Waals surface area contributed by atoms with Crippen molar-refractivity contribution in [2.24, 2.45) is 0 Å². The third kappa shape index (κ3) is 3.25. The fraction of sp³-hybridized carbons (Fsp3) is 0.455. The summed E-state index contributed by atoms with van der Waals surface area (Å²) in [6, 6.07) is 4.13. The van der Waals surface area contributed by atoms with E-state index in [9.17, 15) is 0 Å². The number of aryl methyl sites for hydroxylation is 1. The summed E-state index contributed by atoms with van der Waals surface area (Å²) in [5.74, 6) is 0. The van der Waals surface area contributed by atoms with Gasteiger partial charge in [0.2, 0.25) is 6.54 Å². The molecule has 68 valence electrons. The molecule has 0 bridgehead atoms.